The third-order valence-electron chi connectivity index (χ3n) is 3.23. The summed E-state index contributed by atoms with van der Waals surface area (Å²) in [6.07, 6.45) is 0. The number of anilines is 1. The number of ether oxygens (including phenoxy) is 1. The van der Waals surface area contributed by atoms with E-state index in [9.17, 15) is 8.78 Å². The summed E-state index contributed by atoms with van der Waals surface area (Å²) in [5.74, 6) is -1.62. The molecule has 0 aliphatic heterocycles. The highest BCUT2D eigenvalue weighted by Crippen LogP contribution is 2.26. The van der Waals surface area contributed by atoms with Gasteiger partial charge in [-0.25, -0.2) is 0 Å². The number of thioether (sulfide) groups is 1. The number of nitrogens with zero attached hydrogens (tertiary/aromatic N) is 1. The van der Waals surface area contributed by atoms with E-state index in [2.05, 4.69) is 5.32 Å². The highest BCUT2D eigenvalue weighted by Gasteiger charge is 2.08. The van der Waals surface area contributed by atoms with Crippen LogP contribution in [0.25, 0.3) is 0 Å². The van der Waals surface area contributed by atoms with E-state index in [1.807, 2.05) is 36.2 Å². The number of hydrogen-bond donors (Lipinski definition) is 1. The Morgan fingerprint density at radius 2 is 1.96 bits per heavy atom. The molecule has 2 aromatic rings. The van der Waals surface area contributed by atoms with Crippen molar-refractivity contribution >= 4 is 34.8 Å². The molecule has 0 aliphatic rings. The van der Waals surface area contributed by atoms with Gasteiger partial charge < -0.3 is 15.0 Å². The Hall–Kier alpha value is -1.86. The highest BCUT2D eigenvalue weighted by atomic mass is 32.2. The number of thiocarbonyl (C=S) groups is 1. The average molecular weight is 368 g/mol. The van der Waals surface area contributed by atoms with Crippen LogP contribution in [0.3, 0.4) is 0 Å². The van der Waals surface area contributed by atoms with E-state index in [1.54, 1.807) is 31.4 Å². The fraction of sp³-hybridized carbons (Fsp3) is 0.235. The van der Waals surface area contributed by atoms with E-state index in [0.29, 0.717) is 28.3 Å². The van der Waals surface area contributed by atoms with Gasteiger partial charge >= 0.3 is 0 Å². The summed E-state index contributed by atoms with van der Waals surface area (Å²) in [6, 6.07) is 14.5. The molecule has 1 N–H and O–H groups in total. The van der Waals surface area contributed by atoms with E-state index >= 15 is 0 Å². The Labute approximate surface area is 150 Å². The molecule has 0 bridgehead atoms. The van der Waals surface area contributed by atoms with Crippen LogP contribution in [0.5, 0.6) is 5.75 Å². The van der Waals surface area contributed by atoms with Crippen LogP contribution in [0.15, 0.2) is 53.4 Å². The van der Waals surface area contributed by atoms with Gasteiger partial charge in [0.15, 0.2) is 5.11 Å². The maximum Gasteiger partial charge on any atom is 0.288 e. The Morgan fingerprint density at radius 1 is 1.25 bits per heavy atom. The zero-order chi connectivity index (χ0) is 17.5. The maximum atomic E-state index is 12.3. The van der Waals surface area contributed by atoms with Gasteiger partial charge in [-0.05, 0) is 54.2 Å². The summed E-state index contributed by atoms with van der Waals surface area (Å²) in [6.45, 7) is 0.627. The Morgan fingerprint density at radius 3 is 2.58 bits per heavy atom. The second kappa shape index (κ2) is 8.84. The second-order valence-corrected chi connectivity index (χ2v) is 6.49. The predicted molar refractivity (Wildman–Crippen MR) is 99.0 cm³/mol. The lowest BCUT2D eigenvalue weighted by atomic mass is 10.2. The smallest absolute Gasteiger partial charge is 0.288 e. The van der Waals surface area contributed by atoms with Gasteiger partial charge in [0.1, 0.15) is 5.75 Å². The predicted octanol–water partition coefficient (Wildman–Crippen LogP) is 4.84. The maximum absolute atomic E-state index is 12.3. The average Bonchev–Trinajstić information content (AvgIpc) is 2.56. The third kappa shape index (κ3) is 5.65. The van der Waals surface area contributed by atoms with Crippen LogP contribution in [0.4, 0.5) is 14.5 Å². The molecule has 24 heavy (non-hydrogen) atoms. The molecule has 0 saturated carbocycles. The fourth-order valence-electron chi connectivity index (χ4n) is 2.06. The second-order valence-electron chi connectivity index (χ2n) is 5.04. The molecule has 3 nitrogen and oxygen atoms in total. The van der Waals surface area contributed by atoms with Gasteiger partial charge in [0.25, 0.3) is 5.76 Å². The van der Waals surface area contributed by atoms with Crippen molar-refractivity contribution in [3.05, 3.63) is 54.1 Å². The number of halogens is 2. The monoisotopic (exact) mass is 368 g/mol. The van der Waals surface area contributed by atoms with Crippen LogP contribution in [0.2, 0.25) is 0 Å². The van der Waals surface area contributed by atoms with E-state index in [4.69, 9.17) is 17.0 Å². The number of hydrogen-bond acceptors (Lipinski definition) is 3. The van der Waals surface area contributed by atoms with Gasteiger partial charge in [0.05, 0.1) is 7.11 Å². The molecule has 0 unspecified atom stereocenters. The van der Waals surface area contributed by atoms with Crippen molar-refractivity contribution in [2.24, 2.45) is 0 Å². The van der Waals surface area contributed by atoms with Crippen molar-refractivity contribution in [3.63, 3.8) is 0 Å². The van der Waals surface area contributed by atoms with E-state index < -0.39 is 5.76 Å². The minimum absolute atomic E-state index is 0.520. The molecular weight excluding hydrogens is 350 g/mol. The normalized spacial score (nSPS) is 10.5. The Kier molecular flexibility index (Phi) is 6.81. The third-order valence-corrected chi connectivity index (χ3v) is 4.37. The van der Waals surface area contributed by atoms with Gasteiger partial charge in [-0.3, -0.25) is 0 Å². The summed E-state index contributed by atoms with van der Waals surface area (Å²) in [5.41, 5.74) is 1.83. The van der Waals surface area contributed by atoms with E-state index in [-0.39, 0.29) is 0 Å². The van der Waals surface area contributed by atoms with Crippen LogP contribution in [0.1, 0.15) is 5.56 Å². The topological polar surface area (TPSA) is 24.5 Å². The quantitative estimate of drug-likeness (QED) is 0.581. The lowest BCUT2D eigenvalue weighted by Crippen LogP contribution is -2.30. The molecule has 0 amide bonds. The largest absolute Gasteiger partial charge is 0.497 e. The molecule has 2 aromatic carbocycles. The summed E-state index contributed by atoms with van der Waals surface area (Å²) < 4.78 is 29.8. The first kappa shape index (κ1) is 18.5. The van der Waals surface area contributed by atoms with Crippen molar-refractivity contribution in [2.45, 2.75) is 17.2 Å². The van der Waals surface area contributed by atoms with Crippen LogP contribution in [-0.2, 0) is 6.54 Å². The number of methoxy groups -OCH3 is 1. The first-order valence-corrected chi connectivity index (χ1v) is 8.46. The Balaban J connectivity index is 1.93. The van der Waals surface area contributed by atoms with Crippen LogP contribution in [0, 0.1) is 0 Å². The summed E-state index contributed by atoms with van der Waals surface area (Å²) >= 11 is 5.90. The first-order chi connectivity index (χ1) is 11.5. The molecule has 0 aromatic heterocycles. The van der Waals surface area contributed by atoms with Crippen molar-refractivity contribution < 1.29 is 13.5 Å². The van der Waals surface area contributed by atoms with Gasteiger partial charge in [0, 0.05) is 24.2 Å². The molecule has 128 valence electrons. The van der Waals surface area contributed by atoms with Crippen LogP contribution in [-0.4, -0.2) is 29.9 Å². The van der Waals surface area contributed by atoms with Crippen molar-refractivity contribution in [1.82, 2.24) is 4.90 Å². The van der Waals surface area contributed by atoms with E-state index in [0.717, 1.165) is 17.0 Å². The van der Waals surface area contributed by atoms with Crippen molar-refractivity contribution in [3.8, 4) is 5.75 Å². The van der Waals surface area contributed by atoms with Crippen molar-refractivity contribution in [1.29, 1.82) is 0 Å². The van der Waals surface area contributed by atoms with Gasteiger partial charge in [0.2, 0.25) is 0 Å². The molecule has 0 aliphatic carbocycles. The lowest BCUT2D eigenvalue weighted by Gasteiger charge is -2.21. The first-order valence-electron chi connectivity index (χ1n) is 7.18. The van der Waals surface area contributed by atoms with E-state index in [1.165, 1.54) is 0 Å². The summed E-state index contributed by atoms with van der Waals surface area (Å²) in [4.78, 5) is 2.41. The SMILES string of the molecule is COc1cccc(CN(C)C(=S)Nc2ccc(SC(F)F)cc2)c1. The van der Waals surface area contributed by atoms with Crippen LogP contribution < -0.4 is 10.1 Å². The molecule has 0 atom stereocenters. The lowest BCUT2D eigenvalue weighted by molar-refractivity contribution is 0.252. The molecule has 0 heterocycles. The number of rotatable bonds is 6. The fourth-order valence-corrected chi connectivity index (χ4v) is 2.74. The van der Waals surface area contributed by atoms with Crippen LogP contribution >= 0.6 is 24.0 Å². The Bertz CT molecular complexity index is 681. The molecule has 0 radical (unpaired) electrons. The van der Waals surface area contributed by atoms with Gasteiger partial charge in [-0.2, -0.15) is 8.78 Å². The number of alkyl halides is 2. The molecular formula is C17H18F2N2OS2. The minimum Gasteiger partial charge on any atom is -0.497 e. The molecule has 7 heteroatoms. The summed E-state index contributed by atoms with van der Waals surface area (Å²) in [7, 11) is 3.51. The molecule has 0 fully saturated rings. The molecule has 0 spiro atoms. The van der Waals surface area contributed by atoms with Crippen molar-refractivity contribution in [2.75, 3.05) is 19.5 Å². The van der Waals surface area contributed by atoms with Gasteiger partial charge in [-0.15, -0.1) is 0 Å². The number of benzene rings is 2. The standard InChI is InChI=1S/C17H18F2N2OS2/c1-21(11-12-4-3-5-14(10-12)22-2)17(23)20-13-6-8-15(9-7-13)24-16(18)19/h3-10,16H,11H2,1-2H3,(H,20,23). The molecule has 2 rings (SSSR count). The number of nitrogens with one attached hydrogen (secondary N) is 1. The minimum atomic E-state index is -2.42. The zero-order valence-corrected chi connectivity index (χ0v) is 15.0. The van der Waals surface area contributed by atoms with Gasteiger partial charge in [-0.1, -0.05) is 23.9 Å². The summed E-state index contributed by atoms with van der Waals surface area (Å²) in [5, 5.41) is 3.65. The zero-order valence-electron chi connectivity index (χ0n) is 13.3. The molecule has 0 saturated heterocycles. The highest BCUT2D eigenvalue weighted by molar-refractivity contribution is 7.99.